The molecule has 0 aliphatic carbocycles. The zero-order valence-corrected chi connectivity index (χ0v) is 14.8. The highest BCUT2D eigenvalue weighted by Crippen LogP contribution is 2.19. The summed E-state index contributed by atoms with van der Waals surface area (Å²) in [5.41, 5.74) is 1.33. The maximum Gasteiger partial charge on any atom is 0.246 e. The first kappa shape index (κ1) is 17.9. The minimum atomic E-state index is -0.265. The second-order valence-corrected chi connectivity index (χ2v) is 5.83. The zero-order chi connectivity index (χ0) is 18.4. The van der Waals surface area contributed by atoms with Gasteiger partial charge in [-0.15, -0.1) is 0 Å². The maximum atomic E-state index is 13.6. The fourth-order valence-electron chi connectivity index (χ4n) is 2.27. The van der Waals surface area contributed by atoms with Crippen LogP contribution in [0.1, 0.15) is 11.5 Å². The van der Waals surface area contributed by atoms with E-state index in [1.165, 1.54) is 6.07 Å². The molecular formula is C18H17ClFN5O. The average molecular weight is 374 g/mol. The Hall–Kier alpha value is -2.93. The van der Waals surface area contributed by atoms with E-state index in [4.69, 9.17) is 16.1 Å². The van der Waals surface area contributed by atoms with Gasteiger partial charge >= 0.3 is 0 Å². The number of aliphatic imine (C=N–C) groups is 1. The van der Waals surface area contributed by atoms with Gasteiger partial charge in [0, 0.05) is 29.7 Å². The molecule has 3 rings (SSSR count). The first-order chi connectivity index (χ1) is 12.7. The quantitative estimate of drug-likeness (QED) is 0.529. The molecule has 2 N–H and O–H groups in total. The molecule has 0 atom stereocenters. The number of nitrogens with zero attached hydrogens (tertiary/aromatic N) is 3. The van der Waals surface area contributed by atoms with Crippen molar-refractivity contribution in [2.75, 3.05) is 7.05 Å². The Kier molecular flexibility index (Phi) is 5.80. The van der Waals surface area contributed by atoms with E-state index in [-0.39, 0.29) is 12.4 Å². The molecule has 134 valence electrons. The fraction of sp³-hybridized carbons (Fsp3) is 0.167. The molecule has 0 fully saturated rings. The molecule has 6 nitrogen and oxygen atoms in total. The molecule has 2 aromatic carbocycles. The van der Waals surface area contributed by atoms with Gasteiger partial charge in [0.15, 0.2) is 5.96 Å². The highest BCUT2D eigenvalue weighted by Gasteiger charge is 2.10. The lowest BCUT2D eigenvalue weighted by Gasteiger charge is -2.10. The van der Waals surface area contributed by atoms with E-state index in [1.807, 2.05) is 12.1 Å². The third-order valence-corrected chi connectivity index (χ3v) is 3.82. The van der Waals surface area contributed by atoms with E-state index in [0.29, 0.717) is 34.8 Å². The predicted octanol–water partition coefficient (Wildman–Crippen LogP) is 3.39. The van der Waals surface area contributed by atoms with Crippen molar-refractivity contribution in [2.24, 2.45) is 4.99 Å². The first-order valence-corrected chi connectivity index (χ1v) is 8.30. The lowest BCUT2D eigenvalue weighted by molar-refractivity contribution is 0.375. The van der Waals surface area contributed by atoms with Crippen LogP contribution in [0.25, 0.3) is 11.4 Å². The van der Waals surface area contributed by atoms with Gasteiger partial charge in [0.2, 0.25) is 11.7 Å². The first-order valence-electron chi connectivity index (χ1n) is 7.92. The molecule has 1 heterocycles. The number of guanidine groups is 1. The van der Waals surface area contributed by atoms with Crippen molar-refractivity contribution in [2.45, 2.75) is 13.1 Å². The summed E-state index contributed by atoms with van der Waals surface area (Å²) >= 11 is 5.97. The highest BCUT2D eigenvalue weighted by atomic mass is 35.5. The molecule has 0 saturated heterocycles. The molecular weight excluding hydrogens is 357 g/mol. The zero-order valence-electron chi connectivity index (χ0n) is 14.0. The Balaban J connectivity index is 1.57. The van der Waals surface area contributed by atoms with Crippen LogP contribution in [0.5, 0.6) is 0 Å². The summed E-state index contributed by atoms with van der Waals surface area (Å²) in [6.07, 6.45) is 0. The summed E-state index contributed by atoms with van der Waals surface area (Å²) in [5.74, 6) is 1.08. The minimum Gasteiger partial charge on any atom is -0.352 e. The third kappa shape index (κ3) is 4.58. The molecule has 0 saturated carbocycles. The van der Waals surface area contributed by atoms with Crippen LogP contribution in [-0.4, -0.2) is 23.1 Å². The van der Waals surface area contributed by atoms with Crippen LogP contribution in [-0.2, 0) is 13.1 Å². The van der Waals surface area contributed by atoms with Crippen LogP contribution in [0.15, 0.2) is 58.0 Å². The molecule has 1 aromatic heterocycles. The van der Waals surface area contributed by atoms with Crippen molar-refractivity contribution in [3.8, 4) is 11.4 Å². The van der Waals surface area contributed by atoms with Gasteiger partial charge < -0.3 is 15.2 Å². The Labute approximate surface area is 155 Å². The van der Waals surface area contributed by atoms with E-state index in [1.54, 1.807) is 37.4 Å². The van der Waals surface area contributed by atoms with E-state index in [2.05, 4.69) is 25.8 Å². The number of hydrogen-bond acceptors (Lipinski definition) is 4. The van der Waals surface area contributed by atoms with Crippen molar-refractivity contribution in [1.29, 1.82) is 0 Å². The monoisotopic (exact) mass is 373 g/mol. The van der Waals surface area contributed by atoms with E-state index in [9.17, 15) is 4.39 Å². The fourth-order valence-corrected chi connectivity index (χ4v) is 2.46. The Morgan fingerprint density at radius 2 is 1.96 bits per heavy atom. The lowest BCUT2D eigenvalue weighted by atomic mass is 10.2. The van der Waals surface area contributed by atoms with Gasteiger partial charge in [-0.25, -0.2) is 4.39 Å². The summed E-state index contributed by atoms with van der Waals surface area (Å²) in [6.45, 7) is 0.592. The van der Waals surface area contributed by atoms with Crippen LogP contribution in [0.2, 0.25) is 5.02 Å². The van der Waals surface area contributed by atoms with Crippen LogP contribution < -0.4 is 10.6 Å². The van der Waals surface area contributed by atoms with Crippen LogP contribution in [0.3, 0.4) is 0 Å². The topological polar surface area (TPSA) is 75.3 Å². The molecule has 8 heteroatoms. The van der Waals surface area contributed by atoms with Crippen LogP contribution in [0.4, 0.5) is 4.39 Å². The molecule has 0 aliphatic rings. The smallest absolute Gasteiger partial charge is 0.246 e. The summed E-state index contributed by atoms with van der Waals surface area (Å²) in [7, 11) is 1.63. The number of rotatable bonds is 5. The van der Waals surface area contributed by atoms with Crippen molar-refractivity contribution >= 4 is 17.6 Å². The van der Waals surface area contributed by atoms with Gasteiger partial charge in [-0.1, -0.05) is 47.1 Å². The largest absolute Gasteiger partial charge is 0.352 e. The molecule has 26 heavy (non-hydrogen) atoms. The Bertz CT molecular complexity index is 912. The summed E-state index contributed by atoms with van der Waals surface area (Å²) < 4.78 is 18.9. The number of hydrogen-bond donors (Lipinski definition) is 2. The number of aromatic nitrogens is 2. The molecule has 0 amide bonds. The third-order valence-electron chi connectivity index (χ3n) is 3.59. The van der Waals surface area contributed by atoms with Crippen molar-refractivity contribution in [1.82, 2.24) is 20.8 Å². The van der Waals surface area contributed by atoms with Crippen molar-refractivity contribution in [3.05, 3.63) is 70.8 Å². The lowest BCUT2D eigenvalue weighted by Crippen LogP contribution is -2.36. The van der Waals surface area contributed by atoms with Crippen LogP contribution in [0, 0.1) is 5.82 Å². The van der Waals surface area contributed by atoms with E-state index < -0.39 is 0 Å². The molecule has 0 spiro atoms. The second kappa shape index (κ2) is 8.44. The highest BCUT2D eigenvalue weighted by molar-refractivity contribution is 6.30. The minimum absolute atomic E-state index is 0.265. The summed E-state index contributed by atoms with van der Waals surface area (Å²) in [5, 5.41) is 10.6. The van der Waals surface area contributed by atoms with Crippen LogP contribution >= 0.6 is 11.6 Å². The standard InChI is InChI=1S/C18H17ClFN5O/c1-21-18(22-10-13-5-2-3-8-15(13)20)23-11-16-24-17(25-26-16)12-6-4-7-14(19)9-12/h2-9H,10-11H2,1H3,(H2,21,22,23). The van der Waals surface area contributed by atoms with Gasteiger partial charge in [-0.3, -0.25) is 4.99 Å². The molecule has 0 radical (unpaired) electrons. The van der Waals surface area contributed by atoms with Crippen molar-refractivity contribution < 1.29 is 8.91 Å². The van der Waals surface area contributed by atoms with Gasteiger partial charge in [0.1, 0.15) is 5.82 Å². The predicted molar refractivity (Wildman–Crippen MR) is 98.2 cm³/mol. The Morgan fingerprint density at radius 3 is 2.73 bits per heavy atom. The van der Waals surface area contributed by atoms with E-state index in [0.717, 1.165) is 5.56 Å². The van der Waals surface area contributed by atoms with E-state index >= 15 is 0 Å². The van der Waals surface area contributed by atoms with Gasteiger partial charge in [-0.2, -0.15) is 4.98 Å². The summed E-state index contributed by atoms with van der Waals surface area (Å²) in [6, 6.07) is 13.8. The molecule has 0 aliphatic heterocycles. The SMILES string of the molecule is CN=C(NCc1nc(-c2cccc(Cl)c2)no1)NCc1ccccc1F. The summed E-state index contributed by atoms with van der Waals surface area (Å²) in [4.78, 5) is 8.41. The number of halogens is 2. The van der Waals surface area contributed by atoms with Gasteiger partial charge in [0.05, 0.1) is 6.54 Å². The molecule has 3 aromatic rings. The number of nitrogens with one attached hydrogen (secondary N) is 2. The molecule has 0 bridgehead atoms. The van der Waals surface area contributed by atoms with Gasteiger partial charge in [0.25, 0.3) is 0 Å². The second-order valence-electron chi connectivity index (χ2n) is 5.39. The Morgan fingerprint density at radius 1 is 1.15 bits per heavy atom. The maximum absolute atomic E-state index is 13.6. The number of benzene rings is 2. The average Bonchev–Trinajstić information content (AvgIpc) is 3.12. The van der Waals surface area contributed by atoms with Crippen molar-refractivity contribution in [3.63, 3.8) is 0 Å². The normalized spacial score (nSPS) is 11.4. The molecule has 0 unspecified atom stereocenters. The van der Waals surface area contributed by atoms with Gasteiger partial charge in [-0.05, 0) is 18.2 Å².